The Bertz CT molecular complexity index is 1310. The van der Waals surface area contributed by atoms with Crippen LogP contribution in [0.25, 0.3) is 5.82 Å². The zero-order chi connectivity index (χ0) is 23.4. The van der Waals surface area contributed by atoms with Crippen molar-refractivity contribution in [1.82, 2.24) is 30.7 Å². The number of aryl methyl sites for hydroxylation is 1. The number of benzene rings is 2. The van der Waals surface area contributed by atoms with E-state index in [9.17, 15) is 9.90 Å². The maximum absolute atomic E-state index is 12.9. The molecule has 4 aromatic rings. The van der Waals surface area contributed by atoms with E-state index in [1.165, 1.54) is 16.4 Å². The number of nitrogens with zero attached hydrogens (tertiary/aromatic N) is 6. The predicted octanol–water partition coefficient (Wildman–Crippen LogP) is 2.69. The lowest BCUT2D eigenvalue weighted by atomic mass is 10.1. The van der Waals surface area contributed by atoms with Crippen LogP contribution in [0.2, 0.25) is 0 Å². The molecule has 0 atom stereocenters. The summed E-state index contributed by atoms with van der Waals surface area (Å²) in [7, 11) is 0. The van der Waals surface area contributed by atoms with Gasteiger partial charge in [-0.15, -0.1) is 16.9 Å². The predicted molar refractivity (Wildman–Crippen MR) is 122 cm³/mol. The van der Waals surface area contributed by atoms with E-state index in [1.807, 2.05) is 31.2 Å². The Balaban J connectivity index is 1.61. The lowest BCUT2D eigenvalue weighted by molar-refractivity contribution is 0.0949. The standard InChI is InChI=1S/C21H20N8O3S/c1-12-7-9-14(10-8-12)33-11-16-18(24-28-29(16)20-19(22)26-32-27-20)21(31)25-23-13(2)15-5-3-4-6-17(15)30/h3-10,30H,11H2,1-2H3,(H2,22,26)(H,25,31)/b23-13-. The molecule has 11 nitrogen and oxygen atoms in total. The molecule has 0 aliphatic rings. The van der Waals surface area contributed by atoms with Gasteiger partial charge in [-0.1, -0.05) is 35.0 Å². The first kappa shape index (κ1) is 22.0. The fraction of sp³-hybridized carbons (Fsp3) is 0.143. The molecule has 0 saturated carbocycles. The minimum absolute atomic E-state index is 0.0156. The Morgan fingerprint density at radius 1 is 1.21 bits per heavy atom. The van der Waals surface area contributed by atoms with Crippen LogP contribution in [-0.4, -0.2) is 42.0 Å². The molecule has 33 heavy (non-hydrogen) atoms. The third-order valence-electron chi connectivity index (χ3n) is 4.69. The molecule has 2 heterocycles. The van der Waals surface area contributed by atoms with Crippen molar-refractivity contribution in [3.8, 4) is 11.6 Å². The second-order valence-electron chi connectivity index (χ2n) is 7.03. The quantitative estimate of drug-likeness (QED) is 0.212. The van der Waals surface area contributed by atoms with Crippen LogP contribution in [-0.2, 0) is 5.75 Å². The van der Waals surface area contributed by atoms with Crippen LogP contribution in [0.1, 0.15) is 34.2 Å². The lowest BCUT2D eigenvalue weighted by Gasteiger charge is -2.07. The highest BCUT2D eigenvalue weighted by molar-refractivity contribution is 7.98. The van der Waals surface area contributed by atoms with E-state index in [0.29, 0.717) is 22.7 Å². The molecule has 2 aromatic heterocycles. The summed E-state index contributed by atoms with van der Waals surface area (Å²) >= 11 is 1.49. The van der Waals surface area contributed by atoms with Crippen molar-refractivity contribution in [3.05, 3.63) is 71.0 Å². The topological polar surface area (TPSA) is 157 Å². The number of thioether (sulfide) groups is 1. The van der Waals surface area contributed by atoms with Gasteiger partial charge in [0.25, 0.3) is 5.91 Å². The highest BCUT2D eigenvalue weighted by atomic mass is 32.2. The first-order valence-electron chi connectivity index (χ1n) is 9.79. The van der Waals surface area contributed by atoms with E-state index >= 15 is 0 Å². The zero-order valence-corrected chi connectivity index (χ0v) is 18.6. The molecule has 0 unspecified atom stereocenters. The number of amides is 1. The van der Waals surface area contributed by atoms with Gasteiger partial charge >= 0.3 is 0 Å². The van der Waals surface area contributed by atoms with Gasteiger partial charge in [-0.25, -0.2) is 10.1 Å². The second kappa shape index (κ2) is 9.53. The number of nitrogens with two attached hydrogens (primary N) is 1. The molecule has 168 valence electrons. The van der Waals surface area contributed by atoms with Crippen LogP contribution < -0.4 is 11.2 Å². The van der Waals surface area contributed by atoms with Crippen LogP contribution in [0.15, 0.2) is 63.2 Å². The average Bonchev–Trinajstić information content (AvgIpc) is 3.42. The Labute approximate surface area is 192 Å². The number of anilines is 1. The normalized spacial score (nSPS) is 11.5. The summed E-state index contributed by atoms with van der Waals surface area (Å²) in [5, 5.41) is 29.4. The maximum Gasteiger partial charge on any atom is 0.293 e. The van der Waals surface area contributed by atoms with E-state index in [4.69, 9.17) is 5.73 Å². The van der Waals surface area contributed by atoms with Crippen molar-refractivity contribution in [2.45, 2.75) is 24.5 Å². The summed E-state index contributed by atoms with van der Waals surface area (Å²) in [6.07, 6.45) is 0. The summed E-state index contributed by atoms with van der Waals surface area (Å²) in [5.41, 5.74) is 10.8. The molecule has 0 aliphatic heterocycles. The van der Waals surface area contributed by atoms with Crippen LogP contribution in [0.4, 0.5) is 5.82 Å². The van der Waals surface area contributed by atoms with Gasteiger partial charge in [-0.05, 0) is 48.4 Å². The Morgan fingerprint density at radius 3 is 2.67 bits per heavy atom. The molecule has 0 saturated heterocycles. The van der Waals surface area contributed by atoms with E-state index < -0.39 is 5.91 Å². The first-order valence-corrected chi connectivity index (χ1v) is 10.8. The van der Waals surface area contributed by atoms with Crippen LogP contribution in [0.3, 0.4) is 0 Å². The number of para-hydroxylation sites is 1. The van der Waals surface area contributed by atoms with Crippen LogP contribution >= 0.6 is 11.8 Å². The van der Waals surface area contributed by atoms with Crippen LogP contribution in [0.5, 0.6) is 5.75 Å². The van der Waals surface area contributed by atoms with Gasteiger partial charge in [-0.3, -0.25) is 4.79 Å². The fourth-order valence-electron chi connectivity index (χ4n) is 2.93. The number of rotatable bonds is 7. The van der Waals surface area contributed by atoms with Crippen LogP contribution in [0, 0.1) is 6.92 Å². The van der Waals surface area contributed by atoms with Gasteiger partial charge in [0.2, 0.25) is 11.6 Å². The minimum atomic E-state index is -0.578. The van der Waals surface area contributed by atoms with Crippen molar-refractivity contribution in [1.29, 1.82) is 0 Å². The van der Waals surface area contributed by atoms with Crippen molar-refractivity contribution in [2.24, 2.45) is 5.10 Å². The summed E-state index contributed by atoms with van der Waals surface area (Å²) in [6, 6.07) is 14.7. The molecule has 0 bridgehead atoms. The van der Waals surface area contributed by atoms with Gasteiger partial charge in [-0.2, -0.15) is 9.78 Å². The number of hydrogen-bond acceptors (Lipinski definition) is 10. The summed E-state index contributed by atoms with van der Waals surface area (Å²) in [4.78, 5) is 13.9. The molecule has 1 amide bonds. The molecule has 0 aliphatic carbocycles. The number of phenolic OH excluding ortho intramolecular Hbond substituents is 1. The average molecular weight is 465 g/mol. The van der Waals surface area contributed by atoms with Gasteiger partial charge in [0.05, 0.1) is 11.4 Å². The van der Waals surface area contributed by atoms with Crippen molar-refractivity contribution in [3.63, 3.8) is 0 Å². The Kier molecular flexibility index (Phi) is 6.36. The van der Waals surface area contributed by atoms with Crippen molar-refractivity contribution in [2.75, 3.05) is 5.73 Å². The number of hydrogen-bond donors (Lipinski definition) is 3. The first-order chi connectivity index (χ1) is 15.9. The van der Waals surface area contributed by atoms with Crippen molar-refractivity contribution >= 4 is 29.2 Å². The molecule has 0 spiro atoms. The summed E-state index contributed by atoms with van der Waals surface area (Å²) < 4.78 is 5.99. The SMILES string of the molecule is C/C(=N/NC(=O)c1nnn(-c2nonc2N)c1CSc1ccc(C)cc1)c1ccccc1O. The number of nitrogens with one attached hydrogen (secondary N) is 1. The van der Waals surface area contributed by atoms with Gasteiger partial charge in [0.1, 0.15) is 5.75 Å². The lowest BCUT2D eigenvalue weighted by Crippen LogP contribution is -2.21. The molecule has 12 heteroatoms. The number of phenols is 1. The molecule has 0 radical (unpaired) electrons. The Morgan fingerprint density at radius 2 is 1.97 bits per heavy atom. The third kappa shape index (κ3) is 4.85. The Hall–Kier alpha value is -4.19. The van der Waals surface area contributed by atoms with E-state index in [0.717, 1.165) is 10.5 Å². The minimum Gasteiger partial charge on any atom is -0.507 e. The molecular formula is C21H20N8O3S. The number of aromatic nitrogens is 5. The number of carbonyl (C=O) groups excluding carboxylic acids is 1. The summed E-state index contributed by atoms with van der Waals surface area (Å²) in [6.45, 7) is 3.68. The smallest absolute Gasteiger partial charge is 0.293 e. The maximum atomic E-state index is 12.9. The second-order valence-corrected chi connectivity index (χ2v) is 8.08. The highest BCUT2D eigenvalue weighted by Gasteiger charge is 2.24. The van der Waals surface area contributed by atoms with E-state index in [2.05, 4.69) is 35.8 Å². The summed E-state index contributed by atoms with van der Waals surface area (Å²) in [5.74, 6) is -0.0293. The van der Waals surface area contributed by atoms with Gasteiger partial charge in [0.15, 0.2) is 5.69 Å². The fourth-order valence-corrected chi connectivity index (χ4v) is 3.82. The number of carbonyl (C=O) groups is 1. The largest absolute Gasteiger partial charge is 0.507 e. The number of hydrazone groups is 1. The van der Waals surface area contributed by atoms with Crippen molar-refractivity contribution < 1.29 is 14.5 Å². The van der Waals surface area contributed by atoms with E-state index in [-0.39, 0.29) is 23.1 Å². The number of aromatic hydroxyl groups is 1. The highest BCUT2D eigenvalue weighted by Crippen LogP contribution is 2.26. The molecule has 4 N–H and O–H groups in total. The molecule has 0 fully saturated rings. The van der Waals surface area contributed by atoms with E-state index in [1.54, 1.807) is 31.2 Å². The molecule has 2 aromatic carbocycles. The zero-order valence-electron chi connectivity index (χ0n) is 17.8. The van der Waals surface area contributed by atoms with Gasteiger partial charge < -0.3 is 10.8 Å². The third-order valence-corrected chi connectivity index (χ3v) is 5.71. The monoisotopic (exact) mass is 464 g/mol. The van der Waals surface area contributed by atoms with Gasteiger partial charge in [0, 0.05) is 16.2 Å². The number of nitrogen functional groups attached to an aromatic ring is 1. The molecular weight excluding hydrogens is 444 g/mol. The molecule has 4 rings (SSSR count).